The van der Waals surface area contributed by atoms with Crippen LogP contribution in [0.2, 0.25) is 0 Å². The maximum Gasteiger partial charge on any atom is 0.339 e. The van der Waals surface area contributed by atoms with Crippen LogP contribution in [-0.2, 0) is 9.53 Å². The summed E-state index contributed by atoms with van der Waals surface area (Å²) in [7, 11) is 3.02. The summed E-state index contributed by atoms with van der Waals surface area (Å²) in [6.07, 6.45) is 1.87. The topological polar surface area (TPSA) is 73.9 Å². The van der Waals surface area contributed by atoms with Gasteiger partial charge in [0, 0.05) is 11.0 Å². The van der Waals surface area contributed by atoms with E-state index in [0.29, 0.717) is 22.7 Å². The molecule has 0 unspecified atom stereocenters. The van der Waals surface area contributed by atoms with Gasteiger partial charge in [-0.05, 0) is 30.5 Å². The number of hydrogen-bond acceptors (Lipinski definition) is 6. The largest absolute Gasteiger partial charge is 0.497 e. The molecule has 0 aliphatic carbocycles. The van der Waals surface area contributed by atoms with Crippen LogP contribution >= 0.6 is 11.8 Å². The number of anilines is 1. The van der Waals surface area contributed by atoms with Crippen LogP contribution in [0.4, 0.5) is 5.69 Å². The summed E-state index contributed by atoms with van der Waals surface area (Å²) in [6, 6.07) is 12.1. The van der Waals surface area contributed by atoms with E-state index in [1.54, 1.807) is 30.3 Å². The summed E-state index contributed by atoms with van der Waals surface area (Å²) < 4.78 is 15.4. The van der Waals surface area contributed by atoms with Crippen molar-refractivity contribution in [3.63, 3.8) is 0 Å². The molecule has 0 bridgehead atoms. The van der Waals surface area contributed by atoms with Crippen molar-refractivity contribution in [2.45, 2.75) is 4.90 Å². The number of esters is 1. The summed E-state index contributed by atoms with van der Waals surface area (Å²) >= 11 is 1.44. The molecule has 0 aromatic heterocycles. The minimum Gasteiger partial charge on any atom is -0.497 e. The lowest BCUT2D eigenvalue weighted by Crippen LogP contribution is -2.21. The van der Waals surface area contributed by atoms with Crippen LogP contribution in [-0.4, -0.2) is 39.0 Å². The molecule has 0 aliphatic rings. The molecule has 2 rings (SSSR count). The fourth-order valence-electron chi connectivity index (χ4n) is 2.12. The van der Waals surface area contributed by atoms with Crippen molar-refractivity contribution < 1.29 is 23.8 Å². The number of benzene rings is 2. The predicted molar refractivity (Wildman–Crippen MR) is 96.7 cm³/mol. The Morgan fingerprint density at radius 2 is 1.84 bits per heavy atom. The maximum atomic E-state index is 12.1. The molecule has 0 aliphatic heterocycles. The Hall–Kier alpha value is -2.67. The molecule has 0 heterocycles. The number of hydrogen-bond donors (Lipinski definition) is 1. The second-order valence-corrected chi connectivity index (χ2v) is 5.74. The van der Waals surface area contributed by atoms with Gasteiger partial charge in [-0.1, -0.05) is 12.1 Å². The van der Waals surface area contributed by atoms with Crippen molar-refractivity contribution in [2.24, 2.45) is 0 Å². The monoisotopic (exact) mass is 361 g/mol. The molecule has 132 valence electrons. The van der Waals surface area contributed by atoms with Crippen LogP contribution in [0.25, 0.3) is 0 Å². The molecule has 0 atom stereocenters. The van der Waals surface area contributed by atoms with Gasteiger partial charge < -0.3 is 19.5 Å². The highest BCUT2D eigenvalue weighted by Gasteiger charge is 2.15. The summed E-state index contributed by atoms with van der Waals surface area (Å²) in [5.74, 6) is 0.0365. The number of carbonyl (C=O) groups is 2. The Balaban J connectivity index is 2.00. The number of thioether (sulfide) groups is 1. The van der Waals surface area contributed by atoms with Gasteiger partial charge in [0.2, 0.25) is 0 Å². The number of carbonyl (C=O) groups excluding carboxylic acids is 2. The molecule has 0 spiro atoms. The average molecular weight is 361 g/mol. The van der Waals surface area contributed by atoms with E-state index in [-0.39, 0.29) is 0 Å². The number of rotatable bonds is 7. The molecular formula is C18H19NO5S. The predicted octanol–water partition coefficient (Wildman–Crippen LogP) is 3.22. The van der Waals surface area contributed by atoms with Gasteiger partial charge >= 0.3 is 5.97 Å². The molecule has 0 saturated carbocycles. The zero-order valence-electron chi connectivity index (χ0n) is 14.2. The quantitative estimate of drug-likeness (QED) is 0.603. The lowest BCUT2D eigenvalue weighted by molar-refractivity contribution is -0.119. The first-order valence-electron chi connectivity index (χ1n) is 7.41. The Morgan fingerprint density at radius 3 is 2.52 bits per heavy atom. The van der Waals surface area contributed by atoms with Gasteiger partial charge in [-0.2, -0.15) is 0 Å². The van der Waals surface area contributed by atoms with Crippen LogP contribution in [0.15, 0.2) is 47.4 Å². The van der Waals surface area contributed by atoms with Crippen LogP contribution in [0.5, 0.6) is 11.5 Å². The highest BCUT2D eigenvalue weighted by molar-refractivity contribution is 7.98. The lowest BCUT2D eigenvalue weighted by atomic mass is 10.2. The van der Waals surface area contributed by atoms with E-state index < -0.39 is 18.5 Å². The number of nitrogens with one attached hydrogen (secondary N) is 1. The smallest absolute Gasteiger partial charge is 0.339 e. The molecule has 6 nitrogen and oxygen atoms in total. The molecule has 7 heteroatoms. The zero-order chi connectivity index (χ0) is 18.2. The Labute approximate surface area is 150 Å². The van der Waals surface area contributed by atoms with Gasteiger partial charge in [-0.3, -0.25) is 4.79 Å². The number of methoxy groups -OCH3 is 2. The Morgan fingerprint density at radius 1 is 1.08 bits per heavy atom. The standard InChI is InChI=1S/C18H19NO5S/c1-22-12-8-9-15(23-2)14(10-12)19-17(20)11-24-18(21)13-6-4-5-7-16(13)25-3/h4-10H,11H2,1-3H3,(H,19,20). The second kappa shape index (κ2) is 8.98. The molecule has 1 amide bonds. The van der Waals surface area contributed by atoms with Gasteiger partial charge in [0.05, 0.1) is 25.5 Å². The first kappa shape index (κ1) is 18.7. The highest BCUT2D eigenvalue weighted by atomic mass is 32.2. The van der Waals surface area contributed by atoms with Crippen molar-refractivity contribution in [1.29, 1.82) is 0 Å². The van der Waals surface area contributed by atoms with E-state index in [1.165, 1.54) is 26.0 Å². The molecule has 0 fully saturated rings. The van der Waals surface area contributed by atoms with Crippen molar-refractivity contribution >= 4 is 29.3 Å². The zero-order valence-corrected chi connectivity index (χ0v) is 15.0. The maximum absolute atomic E-state index is 12.1. The van der Waals surface area contributed by atoms with Crippen molar-refractivity contribution in [3.8, 4) is 11.5 Å². The van der Waals surface area contributed by atoms with E-state index in [2.05, 4.69) is 5.32 Å². The van der Waals surface area contributed by atoms with E-state index >= 15 is 0 Å². The van der Waals surface area contributed by atoms with Crippen LogP contribution in [0, 0.1) is 0 Å². The van der Waals surface area contributed by atoms with E-state index in [1.807, 2.05) is 18.4 Å². The van der Waals surface area contributed by atoms with Crippen LogP contribution in [0.1, 0.15) is 10.4 Å². The summed E-state index contributed by atoms with van der Waals surface area (Å²) in [5, 5.41) is 2.65. The van der Waals surface area contributed by atoms with Crippen molar-refractivity contribution in [2.75, 3.05) is 32.4 Å². The van der Waals surface area contributed by atoms with E-state index in [0.717, 1.165) is 4.90 Å². The summed E-state index contributed by atoms with van der Waals surface area (Å²) in [6.45, 7) is -0.401. The van der Waals surface area contributed by atoms with Crippen LogP contribution in [0.3, 0.4) is 0 Å². The van der Waals surface area contributed by atoms with Gasteiger partial charge in [-0.25, -0.2) is 4.79 Å². The van der Waals surface area contributed by atoms with Gasteiger partial charge in [0.1, 0.15) is 11.5 Å². The second-order valence-electron chi connectivity index (χ2n) is 4.89. The third kappa shape index (κ3) is 4.90. The number of ether oxygens (including phenoxy) is 3. The minimum atomic E-state index is -0.544. The molecule has 1 N–H and O–H groups in total. The number of amides is 1. The van der Waals surface area contributed by atoms with E-state index in [4.69, 9.17) is 14.2 Å². The van der Waals surface area contributed by atoms with Gasteiger partial charge in [0.15, 0.2) is 6.61 Å². The molecule has 0 saturated heterocycles. The first-order chi connectivity index (χ1) is 12.1. The Bertz CT molecular complexity index is 763. The summed E-state index contributed by atoms with van der Waals surface area (Å²) in [5.41, 5.74) is 0.870. The molecular weight excluding hydrogens is 342 g/mol. The SMILES string of the molecule is COc1ccc(OC)c(NC(=O)COC(=O)c2ccccc2SC)c1. The molecule has 0 radical (unpaired) electrons. The third-order valence-electron chi connectivity index (χ3n) is 3.34. The molecule has 2 aromatic carbocycles. The van der Waals surface area contributed by atoms with Gasteiger partial charge in [0.25, 0.3) is 5.91 Å². The first-order valence-corrected chi connectivity index (χ1v) is 8.63. The molecule has 2 aromatic rings. The van der Waals surface area contributed by atoms with Crippen molar-refractivity contribution in [1.82, 2.24) is 0 Å². The fraction of sp³-hybridized carbons (Fsp3) is 0.222. The van der Waals surface area contributed by atoms with E-state index in [9.17, 15) is 9.59 Å². The average Bonchev–Trinajstić information content (AvgIpc) is 2.65. The summed E-state index contributed by atoms with van der Waals surface area (Å²) in [4.78, 5) is 25.0. The minimum absolute atomic E-state index is 0.401. The molecule has 25 heavy (non-hydrogen) atoms. The van der Waals surface area contributed by atoms with Crippen molar-refractivity contribution in [3.05, 3.63) is 48.0 Å². The Kier molecular flexibility index (Phi) is 6.71. The highest BCUT2D eigenvalue weighted by Crippen LogP contribution is 2.28. The normalized spacial score (nSPS) is 10.0. The third-order valence-corrected chi connectivity index (χ3v) is 4.14. The van der Waals surface area contributed by atoms with Gasteiger partial charge in [-0.15, -0.1) is 11.8 Å². The fourth-order valence-corrected chi connectivity index (χ4v) is 2.71. The van der Waals surface area contributed by atoms with Crippen LogP contribution < -0.4 is 14.8 Å². The lowest BCUT2D eigenvalue weighted by Gasteiger charge is -2.12.